The van der Waals surface area contributed by atoms with Crippen LogP contribution in [0.25, 0.3) is 64.9 Å². The van der Waals surface area contributed by atoms with Crippen LogP contribution in [0.4, 0.5) is 0 Å². The summed E-state index contributed by atoms with van der Waals surface area (Å²) in [6, 6.07) is 48.9. The van der Waals surface area contributed by atoms with Gasteiger partial charge >= 0.3 is 125 Å². The van der Waals surface area contributed by atoms with E-state index in [4.69, 9.17) is 7.73 Å². The molecular formula is C48H42GeIrN2S-2. The van der Waals surface area contributed by atoms with E-state index in [0.717, 1.165) is 28.1 Å². The molecular weight excluding hydrogens is 901 g/mol. The summed E-state index contributed by atoms with van der Waals surface area (Å²) in [6.07, 6.45) is 8.79. The Morgan fingerprint density at radius 1 is 0.679 bits per heavy atom. The van der Waals surface area contributed by atoms with Gasteiger partial charge < -0.3 is 4.98 Å². The number of rotatable bonds is 5. The van der Waals surface area contributed by atoms with Crippen LogP contribution in [0.3, 0.4) is 0 Å². The third-order valence-electron chi connectivity index (χ3n) is 10.0. The maximum atomic E-state index is 7.97. The Bertz CT molecular complexity index is 2570. The molecule has 5 aromatic carbocycles. The fourth-order valence-electron chi connectivity index (χ4n) is 7.08. The van der Waals surface area contributed by atoms with Crippen LogP contribution in [0.15, 0.2) is 134 Å². The van der Waals surface area contributed by atoms with Crippen molar-refractivity contribution in [3.63, 3.8) is 0 Å². The van der Waals surface area contributed by atoms with E-state index in [1.807, 2.05) is 48.5 Å². The molecule has 9 rings (SSSR count). The summed E-state index contributed by atoms with van der Waals surface area (Å²) in [7, 11) is 0. The summed E-state index contributed by atoms with van der Waals surface area (Å²) < 4.78 is 19.9. The number of aryl methyl sites for hydroxylation is 2. The van der Waals surface area contributed by atoms with Gasteiger partial charge in [0, 0.05) is 33.7 Å². The van der Waals surface area contributed by atoms with Crippen molar-refractivity contribution in [2.75, 3.05) is 0 Å². The Morgan fingerprint density at radius 3 is 2.15 bits per heavy atom. The van der Waals surface area contributed by atoms with Crippen LogP contribution in [0.2, 0.25) is 17.3 Å². The molecule has 0 saturated carbocycles. The average Bonchev–Trinajstić information content (AvgIpc) is 3.58. The average molecular weight is 946 g/mol. The van der Waals surface area contributed by atoms with Gasteiger partial charge in [-0.15, -0.1) is 23.8 Å². The summed E-state index contributed by atoms with van der Waals surface area (Å²) in [5.74, 6) is 7.23. The minimum Gasteiger partial charge on any atom is 0 e. The van der Waals surface area contributed by atoms with Gasteiger partial charge in [0.2, 0.25) is 0 Å². The van der Waals surface area contributed by atoms with Gasteiger partial charge in [0.25, 0.3) is 0 Å². The molecule has 265 valence electrons. The van der Waals surface area contributed by atoms with E-state index in [1.165, 1.54) is 78.1 Å². The molecule has 0 atom stereocenters. The molecule has 0 unspecified atom stereocenters. The SMILES string of the molecule is [2H]C([2H])c1cnc(-c2[c-]cc3sc4ccc(-c5ccccc5)cc4c3c2)cc1-c1ccccc1.[CH3][Ge]([CH3])([CH3])[c]1ccc(-c2[c-]ccc3c2CCCC3)nc1.[Ir]. The largest absolute Gasteiger partial charge is 0 e. The van der Waals surface area contributed by atoms with Crippen LogP contribution in [0.1, 0.15) is 32.3 Å². The molecule has 1 aliphatic rings. The number of nitrogens with zero attached hydrogens (tertiary/aromatic N) is 2. The molecule has 0 N–H and O–H groups in total. The first kappa shape index (κ1) is 34.6. The maximum Gasteiger partial charge on any atom is 0 e. The van der Waals surface area contributed by atoms with E-state index < -0.39 is 20.1 Å². The van der Waals surface area contributed by atoms with Crippen LogP contribution < -0.4 is 4.40 Å². The van der Waals surface area contributed by atoms with Crippen LogP contribution in [0.5, 0.6) is 0 Å². The number of benzene rings is 5. The summed E-state index contributed by atoms with van der Waals surface area (Å²) in [6.45, 7) is -1.10. The van der Waals surface area contributed by atoms with Crippen LogP contribution in [-0.4, -0.2) is 23.2 Å². The predicted molar refractivity (Wildman–Crippen MR) is 225 cm³/mol. The van der Waals surface area contributed by atoms with Gasteiger partial charge in [0.1, 0.15) is 0 Å². The molecule has 3 heterocycles. The Hall–Kier alpha value is -4.19. The van der Waals surface area contributed by atoms with Crippen molar-refractivity contribution < 1.29 is 22.8 Å². The van der Waals surface area contributed by atoms with E-state index in [2.05, 4.69) is 113 Å². The normalized spacial score (nSPS) is 13.1. The molecule has 3 aromatic heterocycles. The van der Waals surface area contributed by atoms with Crippen LogP contribution in [0, 0.1) is 19.0 Å². The molecule has 0 saturated heterocycles. The van der Waals surface area contributed by atoms with Crippen molar-refractivity contribution in [1.82, 2.24) is 9.97 Å². The Kier molecular flexibility index (Phi) is 10.5. The molecule has 53 heavy (non-hydrogen) atoms. The van der Waals surface area contributed by atoms with Crippen molar-refractivity contribution in [2.24, 2.45) is 0 Å². The van der Waals surface area contributed by atoms with Crippen LogP contribution in [-0.2, 0) is 32.9 Å². The summed E-state index contributed by atoms with van der Waals surface area (Å²) in [5.41, 5.74) is 11.9. The Labute approximate surface area is 336 Å². The van der Waals surface area contributed by atoms with Crippen molar-refractivity contribution in [3.05, 3.63) is 163 Å². The molecule has 0 fully saturated rings. The summed E-state index contributed by atoms with van der Waals surface area (Å²) in [5, 5.41) is 2.42. The molecule has 1 aliphatic carbocycles. The van der Waals surface area contributed by atoms with Gasteiger partial charge in [-0.1, -0.05) is 78.2 Å². The standard InChI is InChI=1S/C30H20NS.C18H22GeN.Ir/c1-20-19-31-28(18-25(20)22-10-6-3-7-11-22)24-13-15-30-27(17-24)26-16-23(12-14-29(26)32-30)21-8-4-2-5-9-21;1-19(2,3)15-11-12-18(20-13-15)17-10-6-8-14-7-4-5-9-16(14)17;/h2-12,14-19H,1H3;6,8,11-13H,4-5,7,9H2,1-3H3;/q2*-1;/i1D2;;. The Morgan fingerprint density at radius 2 is 1.42 bits per heavy atom. The third kappa shape index (κ3) is 8.03. The van der Waals surface area contributed by atoms with Crippen molar-refractivity contribution >= 4 is 49.2 Å². The van der Waals surface area contributed by atoms with E-state index >= 15 is 0 Å². The molecule has 0 bridgehead atoms. The third-order valence-corrected chi connectivity index (χ3v) is 15.4. The molecule has 5 heteroatoms. The van der Waals surface area contributed by atoms with E-state index in [0.29, 0.717) is 5.56 Å². The first-order valence-electron chi connectivity index (χ1n) is 19.2. The number of pyridine rings is 2. The van der Waals surface area contributed by atoms with Gasteiger partial charge in [-0.25, -0.2) is 0 Å². The first-order chi connectivity index (χ1) is 26.2. The topological polar surface area (TPSA) is 25.8 Å². The van der Waals surface area contributed by atoms with Crippen molar-refractivity contribution in [1.29, 1.82) is 0 Å². The molecule has 0 aliphatic heterocycles. The summed E-state index contributed by atoms with van der Waals surface area (Å²) in [4.78, 5) is 9.36. The number of hydrogen-bond donors (Lipinski definition) is 0. The van der Waals surface area contributed by atoms with Gasteiger partial charge in [0.15, 0.2) is 0 Å². The molecule has 0 amide bonds. The molecule has 2 nitrogen and oxygen atoms in total. The second-order valence-electron chi connectivity index (χ2n) is 14.6. The fourth-order valence-corrected chi connectivity index (χ4v) is 10.3. The van der Waals surface area contributed by atoms with E-state index in [9.17, 15) is 0 Å². The zero-order valence-corrected chi connectivity index (χ0v) is 35.6. The smallest absolute Gasteiger partial charge is 0 e. The first-order valence-corrected chi connectivity index (χ1v) is 26.2. The Balaban J connectivity index is 0.000000190. The zero-order chi connectivity index (χ0) is 37.2. The molecule has 8 aromatic rings. The molecule has 0 spiro atoms. The van der Waals surface area contributed by atoms with Crippen molar-refractivity contribution in [3.8, 4) is 44.8 Å². The number of aromatic nitrogens is 2. The van der Waals surface area contributed by atoms with Crippen LogP contribution >= 0.6 is 11.3 Å². The second kappa shape index (κ2) is 16.0. The van der Waals surface area contributed by atoms with Gasteiger partial charge in [-0.3, -0.25) is 0 Å². The second-order valence-corrected chi connectivity index (χ2v) is 26.3. The number of hydrogen-bond acceptors (Lipinski definition) is 3. The van der Waals surface area contributed by atoms with E-state index in [-0.39, 0.29) is 20.1 Å². The van der Waals surface area contributed by atoms with Gasteiger partial charge in [-0.05, 0) is 62.6 Å². The number of thiophene rings is 1. The monoisotopic (exact) mass is 947 g/mol. The van der Waals surface area contributed by atoms with E-state index in [1.54, 1.807) is 17.5 Å². The van der Waals surface area contributed by atoms with Gasteiger partial charge in [0.05, 0.1) is 0 Å². The minimum absolute atomic E-state index is 0. The minimum atomic E-state index is -1.75. The van der Waals surface area contributed by atoms with Crippen molar-refractivity contribution in [2.45, 2.75) is 49.8 Å². The number of fused-ring (bicyclic) bond motifs is 4. The fraction of sp³-hybridized carbons (Fsp3) is 0.167. The molecule has 1 radical (unpaired) electrons. The zero-order valence-electron chi connectivity index (χ0n) is 32.2. The summed E-state index contributed by atoms with van der Waals surface area (Å²) >= 11 is 0.0204. The maximum absolute atomic E-state index is 7.97. The quantitative estimate of drug-likeness (QED) is 0.127. The predicted octanol–water partition coefficient (Wildman–Crippen LogP) is 12.5. The van der Waals surface area contributed by atoms with Gasteiger partial charge in [-0.2, -0.15) is 11.3 Å².